The smallest absolute Gasteiger partial charge is 0.322 e. The number of ether oxygens (including phenoxy) is 1. The summed E-state index contributed by atoms with van der Waals surface area (Å²) in [4.78, 5) is 27.5. The lowest BCUT2D eigenvalue weighted by Crippen LogP contribution is -2.45. The molecular weight excluding hydrogens is 410 g/mol. The van der Waals surface area contributed by atoms with Gasteiger partial charge in [-0.05, 0) is 73.0 Å². The second-order valence-corrected chi connectivity index (χ2v) is 7.46. The van der Waals surface area contributed by atoms with E-state index in [-0.39, 0.29) is 11.9 Å². The van der Waals surface area contributed by atoms with Gasteiger partial charge in [0.05, 0.1) is 18.0 Å². The molecule has 3 amide bonds. The Morgan fingerprint density at radius 1 is 1.19 bits per heavy atom. The van der Waals surface area contributed by atoms with E-state index in [1.54, 1.807) is 27.8 Å². The molecule has 1 saturated heterocycles. The predicted molar refractivity (Wildman–Crippen MR) is 119 cm³/mol. The number of likely N-dealkylation sites (tertiary alicyclic amines) is 1. The zero-order valence-corrected chi connectivity index (χ0v) is 18.0. The minimum Gasteiger partial charge on any atom is -0.492 e. The van der Waals surface area contributed by atoms with Crippen molar-refractivity contribution in [3.8, 4) is 11.4 Å². The van der Waals surface area contributed by atoms with Crippen LogP contribution < -0.4 is 15.4 Å². The number of carbonyl (C=O) groups is 2. The van der Waals surface area contributed by atoms with Gasteiger partial charge >= 0.3 is 6.03 Å². The van der Waals surface area contributed by atoms with Crippen LogP contribution in [0, 0.1) is 6.92 Å². The number of aryl methyl sites for hydroxylation is 1. The fourth-order valence-electron chi connectivity index (χ4n) is 3.81. The summed E-state index contributed by atoms with van der Waals surface area (Å²) in [6.45, 7) is 4.81. The average Bonchev–Trinajstić information content (AvgIpc) is 3.48. The summed E-state index contributed by atoms with van der Waals surface area (Å²) in [6.07, 6.45) is 2.88. The van der Waals surface area contributed by atoms with E-state index in [4.69, 9.17) is 4.74 Å². The van der Waals surface area contributed by atoms with E-state index in [9.17, 15) is 9.59 Å². The number of anilines is 2. The van der Waals surface area contributed by atoms with Crippen molar-refractivity contribution in [2.75, 3.05) is 23.8 Å². The summed E-state index contributed by atoms with van der Waals surface area (Å²) in [5, 5.41) is 17.0. The third-order valence-electron chi connectivity index (χ3n) is 5.30. The Kier molecular flexibility index (Phi) is 6.29. The Labute approximate surface area is 185 Å². The van der Waals surface area contributed by atoms with Crippen LogP contribution in [0.2, 0.25) is 0 Å². The van der Waals surface area contributed by atoms with Crippen LogP contribution in [0.4, 0.5) is 16.2 Å². The van der Waals surface area contributed by atoms with Gasteiger partial charge in [-0.2, -0.15) is 0 Å². The molecular formula is C22H25N7O3. The molecule has 2 heterocycles. The van der Waals surface area contributed by atoms with Gasteiger partial charge in [-0.15, -0.1) is 5.10 Å². The van der Waals surface area contributed by atoms with Crippen LogP contribution in [0.25, 0.3) is 5.69 Å². The molecule has 4 rings (SSSR count). The monoisotopic (exact) mass is 435 g/mol. The fraction of sp³-hybridized carbons (Fsp3) is 0.318. The third-order valence-corrected chi connectivity index (χ3v) is 5.30. The molecule has 1 aliphatic heterocycles. The van der Waals surface area contributed by atoms with Crippen molar-refractivity contribution in [3.05, 3.63) is 54.4 Å². The van der Waals surface area contributed by atoms with Crippen molar-refractivity contribution in [2.45, 2.75) is 32.7 Å². The molecule has 1 aliphatic rings. The van der Waals surface area contributed by atoms with Gasteiger partial charge in [-0.25, -0.2) is 9.48 Å². The number of hydrogen-bond donors (Lipinski definition) is 2. The normalized spacial score (nSPS) is 15.4. The lowest BCUT2D eigenvalue weighted by atomic mass is 10.1. The van der Waals surface area contributed by atoms with Crippen molar-refractivity contribution in [2.24, 2.45) is 0 Å². The number of urea groups is 1. The van der Waals surface area contributed by atoms with Crippen molar-refractivity contribution in [1.29, 1.82) is 0 Å². The molecule has 32 heavy (non-hydrogen) atoms. The maximum Gasteiger partial charge on any atom is 0.322 e. The van der Waals surface area contributed by atoms with Crippen molar-refractivity contribution < 1.29 is 14.3 Å². The van der Waals surface area contributed by atoms with Crippen LogP contribution in [0.1, 0.15) is 25.3 Å². The quantitative estimate of drug-likeness (QED) is 0.615. The van der Waals surface area contributed by atoms with Crippen molar-refractivity contribution >= 4 is 23.3 Å². The van der Waals surface area contributed by atoms with Gasteiger partial charge in [0.1, 0.15) is 18.1 Å². The number of carbonyl (C=O) groups excluding carboxylic acids is 2. The van der Waals surface area contributed by atoms with Gasteiger partial charge in [0, 0.05) is 12.2 Å². The topological polar surface area (TPSA) is 114 Å². The van der Waals surface area contributed by atoms with Crippen LogP contribution in [0.3, 0.4) is 0 Å². The molecule has 3 aromatic rings. The largest absolute Gasteiger partial charge is 0.492 e. The molecule has 2 N–H and O–H groups in total. The minimum atomic E-state index is -0.547. The number of hydrogen-bond acceptors (Lipinski definition) is 6. The van der Waals surface area contributed by atoms with E-state index in [0.29, 0.717) is 36.7 Å². The van der Waals surface area contributed by atoms with Gasteiger partial charge in [0.25, 0.3) is 0 Å². The highest BCUT2D eigenvalue weighted by Gasteiger charge is 2.34. The van der Waals surface area contributed by atoms with Gasteiger partial charge < -0.3 is 20.3 Å². The van der Waals surface area contributed by atoms with Crippen molar-refractivity contribution in [3.63, 3.8) is 0 Å². The molecule has 10 heteroatoms. The molecule has 166 valence electrons. The van der Waals surface area contributed by atoms with Crippen LogP contribution in [-0.4, -0.2) is 56.2 Å². The maximum absolute atomic E-state index is 13.0. The van der Waals surface area contributed by atoms with Gasteiger partial charge in [0.15, 0.2) is 0 Å². The van der Waals surface area contributed by atoms with Crippen LogP contribution >= 0.6 is 0 Å². The Hall–Kier alpha value is -3.95. The number of nitrogens with one attached hydrogen (secondary N) is 2. The first kappa shape index (κ1) is 21.3. The first-order valence-electron chi connectivity index (χ1n) is 10.5. The summed E-state index contributed by atoms with van der Waals surface area (Å²) in [7, 11) is 0. The lowest BCUT2D eigenvalue weighted by molar-refractivity contribution is -0.119. The van der Waals surface area contributed by atoms with Crippen molar-refractivity contribution in [1.82, 2.24) is 25.1 Å². The van der Waals surface area contributed by atoms with E-state index in [0.717, 1.165) is 17.7 Å². The van der Waals surface area contributed by atoms with Crippen LogP contribution in [0.15, 0.2) is 48.8 Å². The molecule has 0 bridgehead atoms. The number of benzene rings is 2. The SMILES string of the molecule is CCOc1ccccc1NC(=O)N1CCC[C@@H]1C(=O)Nc1ccc(-n2cnnn2)c(C)c1. The molecule has 0 unspecified atom stereocenters. The van der Waals surface area contributed by atoms with E-state index in [1.165, 1.54) is 6.33 Å². The van der Waals surface area contributed by atoms with Gasteiger partial charge in [-0.1, -0.05) is 12.1 Å². The summed E-state index contributed by atoms with van der Waals surface area (Å²) in [6, 6.07) is 11.9. The summed E-state index contributed by atoms with van der Waals surface area (Å²) in [5.74, 6) is 0.381. The molecule has 2 aromatic carbocycles. The highest BCUT2D eigenvalue weighted by atomic mass is 16.5. The highest BCUT2D eigenvalue weighted by Crippen LogP contribution is 2.26. The second-order valence-electron chi connectivity index (χ2n) is 7.46. The zero-order valence-electron chi connectivity index (χ0n) is 18.0. The Balaban J connectivity index is 1.43. The number of amides is 3. The number of para-hydroxylation sites is 2. The lowest BCUT2D eigenvalue weighted by Gasteiger charge is -2.25. The standard InChI is InChI=1S/C22H25N7O3/c1-3-32-20-9-5-4-7-17(20)25-22(31)28-12-6-8-19(28)21(30)24-16-10-11-18(15(2)13-16)29-14-23-26-27-29/h4-5,7,9-11,13-14,19H,3,6,8,12H2,1-2H3,(H,24,30)(H,25,31)/t19-/m1/s1. The van der Waals surface area contributed by atoms with E-state index in [1.807, 2.05) is 38.1 Å². The maximum atomic E-state index is 13.0. The number of nitrogens with zero attached hydrogens (tertiary/aromatic N) is 5. The Morgan fingerprint density at radius 3 is 2.78 bits per heavy atom. The van der Waals surface area contributed by atoms with E-state index < -0.39 is 6.04 Å². The summed E-state index contributed by atoms with van der Waals surface area (Å²) in [5.41, 5.74) is 2.96. The van der Waals surface area contributed by atoms with E-state index >= 15 is 0 Å². The summed E-state index contributed by atoms with van der Waals surface area (Å²) < 4.78 is 7.13. The first-order chi connectivity index (χ1) is 15.6. The molecule has 0 radical (unpaired) electrons. The molecule has 10 nitrogen and oxygen atoms in total. The molecule has 0 aliphatic carbocycles. The van der Waals surface area contributed by atoms with Gasteiger partial charge in [-0.3, -0.25) is 4.79 Å². The van der Waals surface area contributed by atoms with Gasteiger partial charge in [0.2, 0.25) is 5.91 Å². The average molecular weight is 435 g/mol. The zero-order chi connectivity index (χ0) is 22.5. The first-order valence-corrected chi connectivity index (χ1v) is 10.5. The fourth-order valence-corrected chi connectivity index (χ4v) is 3.81. The second kappa shape index (κ2) is 9.46. The Bertz CT molecular complexity index is 1100. The van der Waals surface area contributed by atoms with Crippen LogP contribution in [0.5, 0.6) is 5.75 Å². The molecule has 1 aromatic heterocycles. The number of rotatable bonds is 6. The highest BCUT2D eigenvalue weighted by molar-refractivity contribution is 6.00. The van der Waals surface area contributed by atoms with E-state index in [2.05, 4.69) is 26.2 Å². The predicted octanol–water partition coefficient (Wildman–Crippen LogP) is 3.00. The molecule has 0 saturated carbocycles. The third kappa shape index (κ3) is 4.53. The Morgan fingerprint density at radius 2 is 2.03 bits per heavy atom. The summed E-state index contributed by atoms with van der Waals surface area (Å²) >= 11 is 0. The molecule has 1 fully saturated rings. The molecule has 0 spiro atoms. The van der Waals surface area contributed by atoms with Crippen LogP contribution in [-0.2, 0) is 4.79 Å². The number of tetrazole rings is 1. The molecule has 1 atom stereocenters. The number of aromatic nitrogens is 4. The minimum absolute atomic E-state index is 0.217.